The van der Waals surface area contributed by atoms with Crippen molar-refractivity contribution in [3.8, 4) is 22.6 Å². The van der Waals surface area contributed by atoms with Crippen LogP contribution in [0, 0.1) is 6.92 Å². The minimum absolute atomic E-state index is 0.392. The highest BCUT2D eigenvalue weighted by Gasteiger charge is 2.26. The Morgan fingerprint density at radius 3 is 2.58 bits per heavy atom. The van der Waals surface area contributed by atoms with E-state index in [1.54, 1.807) is 13.2 Å². The average Bonchev–Trinajstić information content (AvgIpc) is 2.81. The summed E-state index contributed by atoms with van der Waals surface area (Å²) in [6, 6.07) is 16.8. The Morgan fingerprint density at radius 1 is 1.06 bits per heavy atom. The summed E-state index contributed by atoms with van der Waals surface area (Å²) in [6.07, 6.45) is 0. The summed E-state index contributed by atoms with van der Waals surface area (Å²) in [4.78, 5) is 13.6. The molecule has 7 heteroatoms. The molecule has 0 saturated heterocycles. The Morgan fingerprint density at radius 2 is 1.85 bits per heavy atom. The Hall–Kier alpha value is -2.99. The highest BCUT2D eigenvalue weighted by atomic mass is 35.5. The van der Waals surface area contributed by atoms with Gasteiger partial charge in [0.1, 0.15) is 30.2 Å². The number of rotatable bonds is 4. The van der Waals surface area contributed by atoms with Gasteiger partial charge in [0.25, 0.3) is 0 Å². The van der Waals surface area contributed by atoms with Crippen molar-refractivity contribution in [2.45, 2.75) is 20.0 Å². The number of methoxy groups -OCH3 is 1. The third-order valence-electron chi connectivity index (χ3n) is 6.01. The van der Waals surface area contributed by atoms with Crippen molar-refractivity contribution < 1.29 is 18.8 Å². The molecule has 0 amide bonds. The lowest BCUT2D eigenvalue weighted by Gasteiger charge is -2.28. The van der Waals surface area contributed by atoms with Crippen LogP contribution in [-0.4, -0.2) is 13.8 Å². The van der Waals surface area contributed by atoms with Crippen molar-refractivity contribution >= 4 is 34.2 Å². The summed E-state index contributed by atoms with van der Waals surface area (Å²) in [5.74, 6) is 1.54. The second-order valence-corrected chi connectivity index (χ2v) is 9.05. The largest absolute Gasteiger partial charge is 0.497 e. The fourth-order valence-electron chi connectivity index (χ4n) is 4.39. The lowest BCUT2D eigenvalue weighted by molar-refractivity contribution is -0.945. The Bertz CT molecular complexity index is 1410. The van der Waals surface area contributed by atoms with E-state index in [1.165, 1.54) is 11.0 Å². The van der Waals surface area contributed by atoms with E-state index in [0.29, 0.717) is 28.9 Å². The number of aryl methyl sites for hydroxylation is 1. The maximum absolute atomic E-state index is 12.4. The van der Waals surface area contributed by atoms with Crippen molar-refractivity contribution in [2.24, 2.45) is 0 Å². The molecule has 2 heterocycles. The number of ether oxygens (including phenoxy) is 2. The molecular weight excluding hydrogens is 461 g/mol. The summed E-state index contributed by atoms with van der Waals surface area (Å²) in [5.41, 5.74) is 4.82. The zero-order valence-corrected chi connectivity index (χ0v) is 19.7. The first-order valence-electron chi connectivity index (χ1n) is 10.6. The van der Waals surface area contributed by atoms with Gasteiger partial charge in [-0.05, 0) is 48.4 Å². The van der Waals surface area contributed by atoms with Crippen LogP contribution in [0.5, 0.6) is 11.5 Å². The van der Waals surface area contributed by atoms with Crippen molar-refractivity contribution in [1.82, 2.24) is 0 Å². The third kappa shape index (κ3) is 4.20. The first kappa shape index (κ1) is 21.8. The van der Waals surface area contributed by atoms with Gasteiger partial charge in [0.05, 0.1) is 12.1 Å². The zero-order valence-electron chi connectivity index (χ0n) is 18.2. The summed E-state index contributed by atoms with van der Waals surface area (Å²) >= 11 is 12.4. The van der Waals surface area contributed by atoms with Crippen LogP contribution in [0.25, 0.3) is 22.1 Å². The number of fused-ring (bicyclic) bond motifs is 2. The van der Waals surface area contributed by atoms with Crippen molar-refractivity contribution in [2.75, 3.05) is 13.8 Å². The first-order chi connectivity index (χ1) is 15.9. The Balaban J connectivity index is 1.56. The standard InChI is InChI=1S/C26H21Cl2NO4/c1-15-25-18(13-29(14-32-25)12-17-3-6-19(27)10-23(17)28)9-22-21(11-24(30)33-26(15)22)16-4-7-20(31-2)8-5-16/h3-11H,12-14H2,1-2H3/p+1. The van der Waals surface area contributed by atoms with Gasteiger partial charge in [0, 0.05) is 33.2 Å². The van der Waals surface area contributed by atoms with Gasteiger partial charge in [-0.15, -0.1) is 0 Å². The lowest BCUT2D eigenvalue weighted by atomic mass is 9.96. The fraction of sp³-hybridized carbons (Fsp3) is 0.192. The highest BCUT2D eigenvalue weighted by Crippen LogP contribution is 2.37. The van der Waals surface area contributed by atoms with Crippen LogP contribution < -0.4 is 20.0 Å². The number of nitrogens with one attached hydrogen (secondary N) is 1. The van der Waals surface area contributed by atoms with E-state index in [0.717, 1.165) is 51.2 Å². The molecular formula is C26H22Cl2NO4+. The molecule has 1 aliphatic rings. The minimum Gasteiger partial charge on any atom is -0.497 e. The van der Waals surface area contributed by atoms with Crippen LogP contribution in [0.3, 0.4) is 0 Å². The van der Waals surface area contributed by atoms with E-state index in [9.17, 15) is 4.79 Å². The van der Waals surface area contributed by atoms with E-state index in [4.69, 9.17) is 37.1 Å². The molecule has 33 heavy (non-hydrogen) atoms. The molecule has 4 aromatic rings. The molecule has 5 nitrogen and oxygen atoms in total. The molecule has 0 spiro atoms. The Labute approximate surface area is 201 Å². The highest BCUT2D eigenvalue weighted by molar-refractivity contribution is 6.35. The van der Waals surface area contributed by atoms with Gasteiger partial charge >= 0.3 is 5.63 Å². The molecule has 0 bridgehead atoms. The van der Waals surface area contributed by atoms with Gasteiger partial charge in [0.2, 0.25) is 6.73 Å². The van der Waals surface area contributed by atoms with E-state index >= 15 is 0 Å². The lowest BCUT2D eigenvalue weighted by Crippen LogP contribution is -3.10. The number of benzene rings is 3. The molecule has 1 aliphatic heterocycles. The van der Waals surface area contributed by atoms with Gasteiger partial charge in [-0.1, -0.05) is 41.4 Å². The first-order valence-corrected chi connectivity index (χ1v) is 11.3. The summed E-state index contributed by atoms with van der Waals surface area (Å²) in [7, 11) is 1.63. The zero-order chi connectivity index (χ0) is 23.1. The van der Waals surface area contributed by atoms with Crippen LogP contribution in [0.1, 0.15) is 16.7 Å². The molecule has 0 fully saturated rings. The number of quaternary nitrogens is 1. The molecule has 1 aromatic heterocycles. The maximum atomic E-state index is 12.4. The number of hydrogen-bond donors (Lipinski definition) is 1. The fourth-order valence-corrected chi connectivity index (χ4v) is 4.87. The summed E-state index contributed by atoms with van der Waals surface area (Å²) in [5, 5.41) is 2.15. The van der Waals surface area contributed by atoms with Gasteiger partial charge < -0.3 is 13.9 Å². The topological polar surface area (TPSA) is 53.1 Å². The molecule has 1 unspecified atom stereocenters. The quantitative estimate of drug-likeness (QED) is 0.415. The molecule has 168 valence electrons. The van der Waals surface area contributed by atoms with E-state index in [-0.39, 0.29) is 0 Å². The third-order valence-corrected chi connectivity index (χ3v) is 6.60. The summed E-state index contributed by atoms with van der Waals surface area (Å²) < 4.78 is 17.0. The van der Waals surface area contributed by atoms with Gasteiger partial charge in [-0.25, -0.2) is 4.79 Å². The van der Waals surface area contributed by atoms with Crippen molar-refractivity contribution in [3.05, 3.63) is 91.8 Å². The van der Waals surface area contributed by atoms with Crippen molar-refractivity contribution in [1.29, 1.82) is 0 Å². The molecule has 1 N–H and O–H groups in total. The van der Waals surface area contributed by atoms with Gasteiger partial charge in [-0.3, -0.25) is 4.90 Å². The average molecular weight is 483 g/mol. The van der Waals surface area contributed by atoms with Crippen LogP contribution >= 0.6 is 23.2 Å². The SMILES string of the molecule is COc1ccc(-c2cc(=O)oc3c(C)c4c(cc23)C[NH+](Cc2ccc(Cl)cc2Cl)CO4)cc1. The predicted molar refractivity (Wildman–Crippen MR) is 130 cm³/mol. The van der Waals surface area contributed by atoms with E-state index in [2.05, 4.69) is 6.07 Å². The maximum Gasteiger partial charge on any atom is 0.336 e. The van der Waals surface area contributed by atoms with E-state index < -0.39 is 5.63 Å². The second-order valence-electron chi connectivity index (χ2n) is 8.20. The molecule has 3 aromatic carbocycles. The number of halogens is 2. The molecule has 5 rings (SSSR count). The van der Waals surface area contributed by atoms with Gasteiger partial charge in [0.15, 0.2) is 0 Å². The van der Waals surface area contributed by atoms with Gasteiger partial charge in [-0.2, -0.15) is 0 Å². The second kappa shape index (κ2) is 8.75. The number of hydrogen-bond acceptors (Lipinski definition) is 4. The smallest absolute Gasteiger partial charge is 0.336 e. The molecule has 0 aliphatic carbocycles. The van der Waals surface area contributed by atoms with Crippen LogP contribution in [0.15, 0.2) is 63.8 Å². The molecule has 0 radical (unpaired) electrons. The normalized spacial score (nSPS) is 15.2. The van der Waals surface area contributed by atoms with Crippen molar-refractivity contribution in [3.63, 3.8) is 0 Å². The van der Waals surface area contributed by atoms with E-state index in [1.807, 2.05) is 43.3 Å². The van der Waals surface area contributed by atoms with Crippen LogP contribution in [-0.2, 0) is 13.1 Å². The Kier molecular flexibility index (Phi) is 5.79. The molecule has 1 atom stereocenters. The minimum atomic E-state index is -0.392. The predicted octanol–water partition coefficient (Wildman–Crippen LogP) is 5.02. The monoisotopic (exact) mass is 482 g/mol. The molecule has 0 saturated carbocycles. The summed E-state index contributed by atoms with van der Waals surface area (Å²) in [6.45, 7) is 3.89. The van der Waals surface area contributed by atoms with Crippen LogP contribution in [0.2, 0.25) is 10.0 Å². The van der Waals surface area contributed by atoms with Crippen LogP contribution in [0.4, 0.5) is 0 Å².